The van der Waals surface area contributed by atoms with Crippen molar-refractivity contribution in [2.45, 2.75) is 19.9 Å². The number of hydrogen-bond donors (Lipinski definition) is 0. The Labute approximate surface area is 105 Å². The van der Waals surface area contributed by atoms with E-state index in [9.17, 15) is 0 Å². The summed E-state index contributed by atoms with van der Waals surface area (Å²) in [6.45, 7) is 3.44. The van der Waals surface area contributed by atoms with Crippen LogP contribution in [0.4, 0.5) is 0 Å². The lowest BCUT2D eigenvalue weighted by atomic mass is 10.1. The molecule has 3 nitrogen and oxygen atoms in total. The molecular weight excluding hydrogens is 236 g/mol. The van der Waals surface area contributed by atoms with Crippen LogP contribution in [0, 0.1) is 6.92 Å². The van der Waals surface area contributed by atoms with Crippen molar-refractivity contribution in [2.75, 3.05) is 6.61 Å². The van der Waals surface area contributed by atoms with Crippen LogP contribution in [-0.2, 0) is 13.0 Å². The summed E-state index contributed by atoms with van der Waals surface area (Å²) in [5.41, 5.74) is 3.33. The van der Waals surface area contributed by atoms with Gasteiger partial charge in [0.05, 0.1) is 18.8 Å². The first-order valence-corrected chi connectivity index (χ1v) is 6.04. The summed E-state index contributed by atoms with van der Waals surface area (Å²) >= 11 is 6.11. The number of ether oxygens (including phenoxy) is 1. The molecule has 3 rings (SSSR count). The Kier molecular flexibility index (Phi) is 2.56. The lowest BCUT2D eigenvalue weighted by molar-refractivity contribution is 0.352. The summed E-state index contributed by atoms with van der Waals surface area (Å²) in [6.07, 6.45) is 2.92. The lowest BCUT2D eigenvalue weighted by Crippen LogP contribution is -2.02. The molecule has 0 spiro atoms. The summed E-state index contributed by atoms with van der Waals surface area (Å²) in [7, 11) is 0. The van der Waals surface area contributed by atoms with E-state index in [0.29, 0.717) is 6.54 Å². The van der Waals surface area contributed by atoms with Crippen molar-refractivity contribution in [1.82, 2.24) is 9.78 Å². The van der Waals surface area contributed by atoms with Crippen molar-refractivity contribution < 1.29 is 4.74 Å². The third-order valence-corrected chi connectivity index (χ3v) is 3.15. The number of nitrogens with zero attached hydrogens (tertiary/aromatic N) is 2. The first kappa shape index (κ1) is 10.7. The molecule has 88 valence electrons. The zero-order chi connectivity index (χ0) is 11.8. The van der Waals surface area contributed by atoms with E-state index in [1.165, 1.54) is 5.56 Å². The van der Waals surface area contributed by atoms with Gasteiger partial charge in [0.2, 0.25) is 0 Å². The minimum atomic E-state index is 0.705. The molecule has 0 amide bonds. The van der Waals surface area contributed by atoms with E-state index in [4.69, 9.17) is 16.3 Å². The van der Waals surface area contributed by atoms with Crippen LogP contribution in [0.3, 0.4) is 0 Å². The number of rotatable bonds is 2. The highest BCUT2D eigenvalue weighted by atomic mass is 35.5. The Morgan fingerprint density at radius 2 is 2.35 bits per heavy atom. The highest BCUT2D eigenvalue weighted by molar-refractivity contribution is 6.30. The molecule has 2 heterocycles. The van der Waals surface area contributed by atoms with Gasteiger partial charge >= 0.3 is 0 Å². The number of fused-ring (bicyclic) bond motifs is 1. The Morgan fingerprint density at radius 1 is 1.47 bits per heavy atom. The molecule has 0 aliphatic carbocycles. The van der Waals surface area contributed by atoms with Crippen LogP contribution in [0.15, 0.2) is 24.4 Å². The van der Waals surface area contributed by atoms with Crippen LogP contribution in [0.5, 0.6) is 5.75 Å². The second kappa shape index (κ2) is 4.08. The van der Waals surface area contributed by atoms with Gasteiger partial charge in [-0.25, -0.2) is 0 Å². The fourth-order valence-electron chi connectivity index (χ4n) is 2.19. The van der Waals surface area contributed by atoms with Gasteiger partial charge in [-0.2, -0.15) is 5.10 Å². The second-order valence-electron chi connectivity index (χ2n) is 4.31. The maximum atomic E-state index is 6.11. The molecule has 0 unspecified atom stereocenters. The first-order valence-electron chi connectivity index (χ1n) is 5.66. The molecule has 0 saturated heterocycles. The van der Waals surface area contributed by atoms with Crippen molar-refractivity contribution in [3.05, 3.63) is 46.2 Å². The van der Waals surface area contributed by atoms with Gasteiger partial charge in [-0.1, -0.05) is 11.6 Å². The second-order valence-corrected chi connectivity index (χ2v) is 4.74. The zero-order valence-electron chi connectivity index (χ0n) is 9.61. The SMILES string of the molecule is Cc1ccn(Cc2cc(Cl)cc3c2OCC3)n1. The van der Waals surface area contributed by atoms with Crippen LogP contribution >= 0.6 is 11.6 Å². The predicted octanol–water partition coefficient (Wildman–Crippen LogP) is 2.83. The molecule has 1 aliphatic rings. The number of benzene rings is 1. The average Bonchev–Trinajstić information content (AvgIpc) is 2.87. The molecule has 0 fully saturated rings. The maximum Gasteiger partial charge on any atom is 0.127 e. The lowest BCUT2D eigenvalue weighted by Gasteiger charge is -2.09. The van der Waals surface area contributed by atoms with Gasteiger partial charge in [0.15, 0.2) is 0 Å². The molecule has 4 heteroatoms. The third-order valence-electron chi connectivity index (χ3n) is 2.93. The van der Waals surface area contributed by atoms with E-state index >= 15 is 0 Å². The molecule has 1 aliphatic heterocycles. The van der Waals surface area contributed by atoms with Crippen LogP contribution < -0.4 is 4.74 Å². The van der Waals surface area contributed by atoms with E-state index in [0.717, 1.165) is 35.1 Å². The van der Waals surface area contributed by atoms with Crippen molar-refractivity contribution in [3.63, 3.8) is 0 Å². The highest BCUT2D eigenvalue weighted by Crippen LogP contribution is 2.33. The first-order chi connectivity index (χ1) is 8.22. The van der Waals surface area contributed by atoms with Gasteiger partial charge in [-0.3, -0.25) is 4.68 Å². The quantitative estimate of drug-likeness (QED) is 0.817. The molecule has 0 radical (unpaired) electrons. The Balaban J connectivity index is 1.98. The topological polar surface area (TPSA) is 27.1 Å². The highest BCUT2D eigenvalue weighted by Gasteiger charge is 2.17. The van der Waals surface area contributed by atoms with E-state index in [1.54, 1.807) is 0 Å². The summed E-state index contributed by atoms with van der Waals surface area (Å²) in [6, 6.07) is 5.94. The van der Waals surface area contributed by atoms with Gasteiger partial charge < -0.3 is 4.74 Å². The van der Waals surface area contributed by atoms with Gasteiger partial charge in [-0.05, 0) is 30.7 Å². The normalized spacial score (nSPS) is 13.5. The minimum absolute atomic E-state index is 0.705. The van der Waals surface area contributed by atoms with Crippen LogP contribution in [0.2, 0.25) is 5.02 Å². The Hall–Kier alpha value is -1.48. The van der Waals surface area contributed by atoms with E-state index < -0.39 is 0 Å². The Bertz CT molecular complexity index is 563. The number of aryl methyl sites for hydroxylation is 1. The predicted molar refractivity (Wildman–Crippen MR) is 66.7 cm³/mol. The van der Waals surface area contributed by atoms with E-state index in [1.807, 2.05) is 36.0 Å². The molecule has 0 saturated carbocycles. The summed E-state index contributed by atoms with van der Waals surface area (Å²) in [5, 5.41) is 5.15. The molecular formula is C13H13ClN2O. The standard InChI is InChI=1S/C13H13ClN2O/c1-9-2-4-16(15-9)8-11-7-12(14)6-10-3-5-17-13(10)11/h2,4,6-7H,3,5,8H2,1H3. The molecule has 2 aromatic rings. The molecule has 1 aromatic heterocycles. The largest absolute Gasteiger partial charge is 0.493 e. The summed E-state index contributed by atoms with van der Waals surface area (Å²) < 4.78 is 7.57. The van der Waals surface area contributed by atoms with Crippen LogP contribution in [-0.4, -0.2) is 16.4 Å². The fraction of sp³-hybridized carbons (Fsp3) is 0.308. The third kappa shape index (κ3) is 2.03. The molecule has 0 N–H and O–H groups in total. The monoisotopic (exact) mass is 248 g/mol. The van der Waals surface area contributed by atoms with Crippen LogP contribution in [0.25, 0.3) is 0 Å². The van der Waals surface area contributed by atoms with Gasteiger partial charge in [0.1, 0.15) is 5.75 Å². The van der Waals surface area contributed by atoms with Crippen molar-refractivity contribution >= 4 is 11.6 Å². The van der Waals surface area contributed by atoms with Crippen molar-refractivity contribution in [1.29, 1.82) is 0 Å². The van der Waals surface area contributed by atoms with Gasteiger partial charge in [-0.15, -0.1) is 0 Å². The van der Waals surface area contributed by atoms with E-state index in [2.05, 4.69) is 5.10 Å². The molecule has 1 aromatic carbocycles. The number of halogens is 1. The molecule has 17 heavy (non-hydrogen) atoms. The summed E-state index contributed by atoms with van der Waals surface area (Å²) in [4.78, 5) is 0. The number of hydrogen-bond acceptors (Lipinski definition) is 2. The molecule has 0 bridgehead atoms. The van der Waals surface area contributed by atoms with Crippen LogP contribution in [0.1, 0.15) is 16.8 Å². The smallest absolute Gasteiger partial charge is 0.127 e. The maximum absolute atomic E-state index is 6.11. The van der Waals surface area contributed by atoms with Gasteiger partial charge in [0, 0.05) is 23.2 Å². The van der Waals surface area contributed by atoms with Crippen molar-refractivity contribution in [3.8, 4) is 5.75 Å². The van der Waals surface area contributed by atoms with Crippen molar-refractivity contribution in [2.24, 2.45) is 0 Å². The van der Waals surface area contributed by atoms with E-state index in [-0.39, 0.29) is 0 Å². The minimum Gasteiger partial charge on any atom is -0.493 e. The zero-order valence-corrected chi connectivity index (χ0v) is 10.4. The average molecular weight is 249 g/mol. The summed E-state index contributed by atoms with van der Waals surface area (Å²) in [5.74, 6) is 0.988. The molecule has 0 atom stereocenters. The number of aromatic nitrogens is 2. The fourth-order valence-corrected chi connectivity index (χ4v) is 2.45. The Morgan fingerprint density at radius 3 is 3.12 bits per heavy atom. The van der Waals surface area contributed by atoms with Gasteiger partial charge in [0.25, 0.3) is 0 Å².